The molecule has 4 aromatic rings. The quantitative estimate of drug-likeness (QED) is 0.199. The average molecular weight is 665 g/mol. The first-order valence-electron chi connectivity index (χ1n) is 14.2. The number of sulfone groups is 1. The number of nitrogens with one attached hydrogen (secondary N) is 1. The normalized spacial score (nSPS) is 17.2. The monoisotopic (exact) mass is 664 g/mol. The highest BCUT2D eigenvalue weighted by atomic mass is 35.5. The molecule has 0 spiro atoms. The van der Waals surface area contributed by atoms with Crippen molar-refractivity contribution in [2.24, 2.45) is 0 Å². The molecule has 1 heterocycles. The molecule has 234 valence electrons. The minimum Gasteiger partial charge on any atom is -0.496 e. The van der Waals surface area contributed by atoms with Gasteiger partial charge in [-0.05, 0) is 74.7 Å². The van der Waals surface area contributed by atoms with Gasteiger partial charge in [0.1, 0.15) is 28.1 Å². The first-order valence-corrected chi connectivity index (χ1v) is 17.1. The SMILES string of the molecule is CCS(=O)(=O)c1ccc(-c2ccc(OC)c(CN(C(=O)c3sc4c(F)ccc(F)c4c3Cl)C3CCC(NC)CC3)c2)c(F)c1. The zero-order chi connectivity index (χ0) is 31.8. The van der Waals surface area contributed by atoms with Crippen molar-refractivity contribution >= 4 is 48.8 Å². The summed E-state index contributed by atoms with van der Waals surface area (Å²) in [5, 5.41) is 3.02. The Hall–Kier alpha value is -3.12. The maximum absolute atomic E-state index is 15.3. The predicted octanol–water partition coefficient (Wildman–Crippen LogP) is 7.61. The third kappa shape index (κ3) is 6.20. The van der Waals surface area contributed by atoms with Crippen LogP contribution >= 0.6 is 22.9 Å². The Kier molecular flexibility index (Phi) is 9.60. The van der Waals surface area contributed by atoms with Crippen LogP contribution in [-0.2, 0) is 16.4 Å². The maximum atomic E-state index is 15.3. The Morgan fingerprint density at radius 2 is 1.73 bits per heavy atom. The van der Waals surface area contributed by atoms with Gasteiger partial charge in [0.15, 0.2) is 9.84 Å². The van der Waals surface area contributed by atoms with E-state index >= 15 is 4.39 Å². The van der Waals surface area contributed by atoms with Crippen LogP contribution < -0.4 is 10.1 Å². The van der Waals surface area contributed by atoms with E-state index in [1.165, 1.54) is 26.2 Å². The molecule has 1 aromatic heterocycles. The molecule has 1 N–H and O–H groups in total. The summed E-state index contributed by atoms with van der Waals surface area (Å²) < 4.78 is 74.7. The standard InChI is InChI=1S/C32H32ClF3N2O4S2/c1-4-44(40,41)22-10-11-23(26(36)16-22)18-5-14-27(42-3)19(15-18)17-38(21-8-6-20(37-2)7-9-21)32(39)31-29(33)28-24(34)12-13-25(35)30(28)43-31/h5,10-16,20-21,37H,4,6-9,17H2,1-3H3. The molecular formula is C32H32ClF3N2O4S2. The molecule has 0 unspecified atom stereocenters. The summed E-state index contributed by atoms with van der Waals surface area (Å²) in [6.07, 6.45) is 3.02. The van der Waals surface area contributed by atoms with Gasteiger partial charge in [-0.1, -0.05) is 30.7 Å². The van der Waals surface area contributed by atoms with Crippen LogP contribution in [0.2, 0.25) is 5.02 Å². The highest BCUT2D eigenvalue weighted by molar-refractivity contribution is 7.91. The molecule has 1 aliphatic carbocycles. The molecule has 3 aromatic carbocycles. The van der Waals surface area contributed by atoms with Gasteiger partial charge in [0.05, 0.1) is 32.9 Å². The van der Waals surface area contributed by atoms with E-state index in [0.717, 1.165) is 42.4 Å². The predicted molar refractivity (Wildman–Crippen MR) is 168 cm³/mol. The summed E-state index contributed by atoms with van der Waals surface area (Å²) in [5.74, 6) is -2.23. The van der Waals surface area contributed by atoms with Crippen LogP contribution in [0.4, 0.5) is 13.2 Å². The molecule has 12 heteroatoms. The van der Waals surface area contributed by atoms with Crippen molar-refractivity contribution in [1.29, 1.82) is 0 Å². The molecule has 1 saturated carbocycles. The third-order valence-corrected chi connectivity index (χ3v) is 11.7. The van der Waals surface area contributed by atoms with Gasteiger partial charge < -0.3 is 15.0 Å². The number of halogens is 4. The Morgan fingerprint density at radius 1 is 1.02 bits per heavy atom. The van der Waals surface area contributed by atoms with E-state index in [9.17, 15) is 22.0 Å². The third-order valence-electron chi connectivity index (χ3n) is 8.29. The fraction of sp³-hybridized carbons (Fsp3) is 0.344. The van der Waals surface area contributed by atoms with Crippen LogP contribution in [0.5, 0.6) is 5.75 Å². The van der Waals surface area contributed by atoms with Crippen molar-refractivity contribution in [1.82, 2.24) is 10.2 Å². The first kappa shape index (κ1) is 32.3. The number of methoxy groups -OCH3 is 1. The topological polar surface area (TPSA) is 75.7 Å². The molecular weight excluding hydrogens is 633 g/mol. The number of carbonyl (C=O) groups excluding carboxylic acids is 1. The molecule has 44 heavy (non-hydrogen) atoms. The zero-order valence-electron chi connectivity index (χ0n) is 24.4. The van der Waals surface area contributed by atoms with Crippen LogP contribution in [0, 0.1) is 17.5 Å². The minimum absolute atomic E-state index is 0.0271. The first-order chi connectivity index (χ1) is 21.0. The smallest absolute Gasteiger partial charge is 0.266 e. The van der Waals surface area contributed by atoms with Crippen LogP contribution in [-0.4, -0.2) is 51.2 Å². The number of nitrogens with zero attached hydrogens (tertiary/aromatic N) is 1. The summed E-state index contributed by atoms with van der Waals surface area (Å²) in [7, 11) is -0.208. The Bertz CT molecular complexity index is 1820. The molecule has 0 bridgehead atoms. The number of carbonyl (C=O) groups is 1. The minimum atomic E-state index is -3.59. The number of thiophene rings is 1. The van der Waals surface area contributed by atoms with Crippen molar-refractivity contribution in [2.45, 2.75) is 56.1 Å². The van der Waals surface area contributed by atoms with E-state index in [1.54, 1.807) is 23.1 Å². The Labute approximate surface area is 263 Å². The van der Waals surface area contributed by atoms with Crippen molar-refractivity contribution in [3.63, 3.8) is 0 Å². The number of hydrogen-bond donors (Lipinski definition) is 1. The van der Waals surface area contributed by atoms with Crippen LogP contribution in [0.25, 0.3) is 21.2 Å². The lowest BCUT2D eigenvalue weighted by Crippen LogP contribution is -2.44. The lowest BCUT2D eigenvalue weighted by Gasteiger charge is -2.37. The molecule has 0 saturated heterocycles. The molecule has 1 amide bonds. The van der Waals surface area contributed by atoms with Gasteiger partial charge in [0.2, 0.25) is 0 Å². The van der Waals surface area contributed by atoms with Crippen molar-refractivity contribution in [2.75, 3.05) is 19.9 Å². The van der Waals surface area contributed by atoms with Gasteiger partial charge >= 0.3 is 0 Å². The van der Waals surface area contributed by atoms with E-state index in [1.807, 2.05) is 7.05 Å². The second-order valence-electron chi connectivity index (χ2n) is 10.8. The van der Waals surface area contributed by atoms with E-state index in [2.05, 4.69) is 5.32 Å². The lowest BCUT2D eigenvalue weighted by atomic mass is 9.89. The molecule has 1 fully saturated rings. The van der Waals surface area contributed by atoms with Gasteiger partial charge in [-0.3, -0.25) is 4.79 Å². The number of rotatable bonds is 9. The number of hydrogen-bond acceptors (Lipinski definition) is 6. The number of fused-ring (bicyclic) bond motifs is 1. The average Bonchev–Trinajstić information content (AvgIpc) is 3.39. The van der Waals surface area contributed by atoms with E-state index < -0.39 is 33.2 Å². The zero-order valence-corrected chi connectivity index (χ0v) is 26.8. The second kappa shape index (κ2) is 13.1. The molecule has 1 aliphatic rings. The highest BCUT2D eigenvalue weighted by Crippen LogP contribution is 2.41. The summed E-state index contributed by atoms with van der Waals surface area (Å²) >= 11 is 7.35. The van der Waals surface area contributed by atoms with Crippen LogP contribution in [0.15, 0.2) is 53.4 Å². The summed E-state index contributed by atoms with van der Waals surface area (Å²) in [4.78, 5) is 15.8. The van der Waals surface area contributed by atoms with Crippen molar-refractivity contribution in [3.05, 3.63) is 81.4 Å². The molecule has 0 atom stereocenters. The summed E-state index contributed by atoms with van der Waals surface area (Å²) in [6, 6.07) is 10.9. The van der Waals surface area contributed by atoms with Gasteiger partial charge in [-0.25, -0.2) is 21.6 Å². The van der Waals surface area contributed by atoms with E-state index in [0.29, 0.717) is 35.8 Å². The molecule has 6 nitrogen and oxygen atoms in total. The number of ether oxygens (including phenoxy) is 1. The molecule has 0 aliphatic heterocycles. The van der Waals surface area contributed by atoms with Gasteiger partial charge in [-0.15, -0.1) is 11.3 Å². The van der Waals surface area contributed by atoms with E-state index in [-0.39, 0.29) is 48.8 Å². The van der Waals surface area contributed by atoms with Gasteiger partial charge in [-0.2, -0.15) is 0 Å². The number of benzene rings is 3. The number of amides is 1. The summed E-state index contributed by atoms with van der Waals surface area (Å²) in [6.45, 7) is 1.55. The molecule has 0 radical (unpaired) electrons. The maximum Gasteiger partial charge on any atom is 0.266 e. The van der Waals surface area contributed by atoms with E-state index in [4.69, 9.17) is 16.3 Å². The largest absolute Gasteiger partial charge is 0.496 e. The second-order valence-corrected chi connectivity index (χ2v) is 14.5. The van der Waals surface area contributed by atoms with Crippen molar-refractivity contribution < 1.29 is 31.1 Å². The lowest BCUT2D eigenvalue weighted by molar-refractivity contribution is 0.0604. The fourth-order valence-electron chi connectivity index (χ4n) is 5.75. The fourth-order valence-corrected chi connectivity index (χ4v) is 8.15. The Morgan fingerprint density at radius 3 is 2.34 bits per heavy atom. The van der Waals surface area contributed by atoms with Crippen molar-refractivity contribution in [3.8, 4) is 16.9 Å². The highest BCUT2D eigenvalue weighted by Gasteiger charge is 2.33. The van der Waals surface area contributed by atoms with Gasteiger partial charge in [0.25, 0.3) is 5.91 Å². The van der Waals surface area contributed by atoms with Gasteiger partial charge in [0, 0.05) is 29.8 Å². The molecule has 5 rings (SSSR count). The van der Waals surface area contributed by atoms with Crippen LogP contribution in [0.1, 0.15) is 47.8 Å². The van der Waals surface area contributed by atoms with Crippen LogP contribution in [0.3, 0.4) is 0 Å². The Balaban J connectivity index is 1.56. The summed E-state index contributed by atoms with van der Waals surface area (Å²) in [5.41, 5.74) is 1.23.